The minimum absolute atomic E-state index is 0.132. The molecule has 0 spiro atoms. The SMILES string of the molecule is C[C@@H](NC(=O)[C@H](O)c1ccccc1)c1ccccc1. The van der Waals surface area contributed by atoms with Gasteiger partial charge in [-0.05, 0) is 18.1 Å². The Morgan fingerprint density at radius 2 is 1.42 bits per heavy atom. The summed E-state index contributed by atoms with van der Waals surface area (Å²) in [5.74, 6) is -0.387. The van der Waals surface area contributed by atoms with Gasteiger partial charge in [-0.3, -0.25) is 4.79 Å². The highest BCUT2D eigenvalue weighted by molar-refractivity contribution is 5.82. The Bertz CT molecular complexity index is 525. The second kappa shape index (κ2) is 6.16. The van der Waals surface area contributed by atoms with Crippen LogP contribution in [0.3, 0.4) is 0 Å². The third-order valence-corrected chi connectivity index (χ3v) is 3.02. The van der Waals surface area contributed by atoms with E-state index in [9.17, 15) is 9.90 Å². The van der Waals surface area contributed by atoms with Crippen LogP contribution in [0.5, 0.6) is 0 Å². The standard InChI is InChI=1S/C16H17NO2/c1-12(13-8-4-2-5-9-13)17-16(19)15(18)14-10-6-3-7-11-14/h2-12,15,18H,1H3,(H,17,19)/t12-,15-/m1/s1. The van der Waals surface area contributed by atoms with E-state index in [1.54, 1.807) is 24.3 Å². The molecule has 0 saturated heterocycles. The number of carbonyl (C=O) groups is 1. The molecule has 19 heavy (non-hydrogen) atoms. The van der Waals surface area contributed by atoms with E-state index in [1.807, 2.05) is 43.3 Å². The Morgan fingerprint density at radius 3 is 1.95 bits per heavy atom. The van der Waals surface area contributed by atoms with Crippen molar-refractivity contribution in [3.63, 3.8) is 0 Å². The van der Waals surface area contributed by atoms with Gasteiger partial charge < -0.3 is 10.4 Å². The molecule has 1 amide bonds. The number of aliphatic hydroxyl groups is 1. The zero-order valence-electron chi connectivity index (χ0n) is 10.8. The number of hydrogen-bond acceptors (Lipinski definition) is 2. The van der Waals surface area contributed by atoms with Gasteiger partial charge in [0.25, 0.3) is 5.91 Å². The topological polar surface area (TPSA) is 49.3 Å². The van der Waals surface area contributed by atoms with Crippen molar-refractivity contribution < 1.29 is 9.90 Å². The molecule has 0 heterocycles. The number of benzene rings is 2. The molecule has 2 aromatic carbocycles. The van der Waals surface area contributed by atoms with E-state index in [0.29, 0.717) is 5.56 Å². The van der Waals surface area contributed by atoms with Crippen molar-refractivity contribution in [3.8, 4) is 0 Å². The Labute approximate surface area is 112 Å². The van der Waals surface area contributed by atoms with Crippen LogP contribution in [0.15, 0.2) is 60.7 Å². The molecule has 0 unspecified atom stereocenters. The molecule has 2 rings (SSSR count). The molecule has 2 atom stereocenters. The number of amides is 1. The lowest BCUT2D eigenvalue weighted by Gasteiger charge is -2.17. The molecule has 3 nitrogen and oxygen atoms in total. The fourth-order valence-electron chi connectivity index (χ4n) is 1.90. The molecule has 2 aromatic rings. The highest BCUT2D eigenvalue weighted by atomic mass is 16.3. The molecule has 0 aromatic heterocycles. The van der Waals surface area contributed by atoms with Gasteiger partial charge in [0.2, 0.25) is 0 Å². The van der Waals surface area contributed by atoms with Gasteiger partial charge in [0.1, 0.15) is 0 Å². The summed E-state index contributed by atoms with van der Waals surface area (Å²) in [7, 11) is 0. The summed E-state index contributed by atoms with van der Waals surface area (Å²) < 4.78 is 0. The monoisotopic (exact) mass is 255 g/mol. The van der Waals surface area contributed by atoms with Crippen LogP contribution in [0.4, 0.5) is 0 Å². The van der Waals surface area contributed by atoms with Crippen LogP contribution < -0.4 is 5.32 Å². The molecule has 0 aliphatic rings. The molecule has 0 radical (unpaired) electrons. The fourth-order valence-corrected chi connectivity index (χ4v) is 1.90. The third kappa shape index (κ3) is 3.42. The first-order valence-electron chi connectivity index (χ1n) is 6.27. The first-order chi connectivity index (χ1) is 9.18. The average molecular weight is 255 g/mol. The highest BCUT2D eigenvalue weighted by Crippen LogP contribution is 2.16. The van der Waals surface area contributed by atoms with Crippen LogP contribution in [-0.2, 0) is 4.79 Å². The molecule has 0 aliphatic heterocycles. The molecule has 0 fully saturated rings. The van der Waals surface area contributed by atoms with Gasteiger partial charge in [-0.1, -0.05) is 60.7 Å². The lowest BCUT2D eigenvalue weighted by molar-refractivity contribution is -0.130. The molecule has 0 saturated carbocycles. The average Bonchev–Trinajstić information content (AvgIpc) is 2.48. The Kier molecular flexibility index (Phi) is 4.31. The maximum Gasteiger partial charge on any atom is 0.253 e. The predicted octanol–water partition coefficient (Wildman–Crippen LogP) is 2.60. The van der Waals surface area contributed by atoms with Crippen molar-refractivity contribution in [1.29, 1.82) is 0 Å². The van der Waals surface area contributed by atoms with E-state index in [2.05, 4.69) is 5.32 Å². The van der Waals surface area contributed by atoms with Crippen LogP contribution in [0.1, 0.15) is 30.2 Å². The van der Waals surface area contributed by atoms with Crippen LogP contribution in [-0.4, -0.2) is 11.0 Å². The second-order valence-corrected chi connectivity index (χ2v) is 4.45. The Morgan fingerprint density at radius 1 is 0.947 bits per heavy atom. The smallest absolute Gasteiger partial charge is 0.253 e. The summed E-state index contributed by atoms with van der Waals surface area (Å²) in [6.45, 7) is 1.89. The summed E-state index contributed by atoms with van der Waals surface area (Å²) >= 11 is 0. The zero-order valence-corrected chi connectivity index (χ0v) is 10.8. The molecular weight excluding hydrogens is 238 g/mol. The number of aliphatic hydroxyl groups excluding tert-OH is 1. The van der Waals surface area contributed by atoms with E-state index in [0.717, 1.165) is 5.56 Å². The van der Waals surface area contributed by atoms with Gasteiger partial charge in [0.15, 0.2) is 6.10 Å². The summed E-state index contributed by atoms with van der Waals surface area (Å²) in [6.07, 6.45) is -1.13. The van der Waals surface area contributed by atoms with E-state index in [1.165, 1.54) is 0 Å². The molecule has 0 bridgehead atoms. The molecule has 2 N–H and O–H groups in total. The van der Waals surface area contributed by atoms with Gasteiger partial charge in [-0.25, -0.2) is 0 Å². The third-order valence-electron chi connectivity index (χ3n) is 3.02. The maximum atomic E-state index is 12.0. The van der Waals surface area contributed by atoms with Gasteiger partial charge in [0.05, 0.1) is 6.04 Å². The molecule has 0 aliphatic carbocycles. The van der Waals surface area contributed by atoms with Gasteiger partial charge in [-0.15, -0.1) is 0 Å². The van der Waals surface area contributed by atoms with Gasteiger partial charge >= 0.3 is 0 Å². The first-order valence-corrected chi connectivity index (χ1v) is 6.27. The quantitative estimate of drug-likeness (QED) is 0.882. The Hall–Kier alpha value is -2.13. The van der Waals surface area contributed by atoms with Crippen LogP contribution >= 0.6 is 0 Å². The highest BCUT2D eigenvalue weighted by Gasteiger charge is 2.19. The first kappa shape index (κ1) is 13.3. The van der Waals surface area contributed by atoms with E-state index >= 15 is 0 Å². The van der Waals surface area contributed by atoms with Crippen molar-refractivity contribution in [2.24, 2.45) is 0 Å². The minimum Gasteiger partial charge on any atom is -0.378 e. The van der Waals surface area contributed by atoms with Gasteiger partial charge in [0, 0.05) is 0 Å². The van der Waals surface area contributed by atoms with Crippen LogP contribution in [0.2, 0.25) is 0 Å². The van der Waals surface area contributed by atoms with Crippen LogP contribution in [0, 0.1) is 0 Å². The largest absolute Gasteiger partial charge is 0.378 e. The van der Waals surface area contributed by atoms with Crippen molar-refractivity contribution in [2.75, 3.05) is 0 Å². The van der Waals surface area contributed by atoms with Crippen molar-refractivity contribution in [1.82, 2.24) is 5.32 Å². The van der Waals surface area contributed by atoms with Crippen molar-refractivity contribution in [2.45, 2.75) is 19.1 Å². The summed E-state index contributed by atoms with van der Waals surface area (Å²) in [5.41, 5.74) is 1.61. The number of hydrogen-bond donors (Lipinski definition) is 2. The fraction of sp³-hybridized carbons (Fsp3) is 0.188. The summed E-state index contributed by atoms with van der Waals surface area (Å²) in [4.78, 5) is 12.0. The number of carbonyl (C=O) groups excluding carboxylic acids is 1. The van der Waals surface area contributed by atoms with Gasteiger partial charge in [-0.2, -0.15) is 0 Å². The number of rotatable bonds is 4. The zero-order chi connectivity index (χ0) is 13.7. The molecule has 98 valence electrons. The maximum absolute atomic E-state index is 12.0. The van der Waals surface area contributed by atoms with E-state index in [4.69, 9.17) is 0 Å². The lowest BCUT2D eigenvalue weighted by atomic mass is 10.1. The van der Waals surface area contributed by atoms with E-state index in [-0.39, 0.29) is 11.9 Å². The predicted molar refractivity (Wildman–Crippen MR) is 74.4 cm³/mol. The number of nitrogens with one attached hydrogen (secondary N) is 1. The van der Waals surface area contributed by atoms with Crippen molar-refractivity contribution >= 4 is 5.91 Å². The minimum atomic E-state index is -1.13. The molecule has 3 heteroatoms. The summed E-state index contributed by atoms with van der Waals surface area (Å²) in [6, 6.07) is 18.4. The molecular formula is C16H17NO2. The van der Waals surface area contributed by atoms with Crippen LogP contribution in [0.25, 0.3) is 0 Å². The summed E-state index contributed by atoms with van der Waals surface area (Å²) in [5, 5.41) is 12.8. The Balaban J connectivity index is 2.02. The normalized spacial score (nSPS) is 13.6. The second-order valence-electron chi connectivity index (χ2n) is 4.45. The van der Waals surface area contributed by atoms with E-state index < -0.39 is 6.10 Å². The lowest BCUT2D eigenvalue weighted by Crippen LogP contribution is -2.31. The van der Waals surface area contributed by atoms with Crippen molar-refractivity contribution in [3.05, 3.63) is 71.8 Å².